The third-order valence-electron chi connectivity index (χ3n) is 8.10. The highest BCUT2D eigenvalue weighted by atomic mass is 35.5. The molecule has 1 aliphatic rings. The van der Waals surface area contributed by atoms with E-state index in [0.29, 0.717) is 28.7 Å². The lowest BCUT2D eigenvalue weighted by Crippen LogP contribution is -2.39. The Morgan fingerprint density at radius 2 is 1.77 bits per heavy atom. The van der Waals surface area contributed by atoms with Gasteiger partial charge in [0.2, 0.25) is 0 Å². The molecule has 2 aromatic carbocycles. The number of nitrogens with one attached hydrogen (secondary N) is 1. The molecular formula is C30H31ClN6O2. The van der Waals surface area contributed by atoms with Gasteiger partial charge in [-0.15, -0.1) is 0 Å². The zero-order valence-corrected chi connectivity index (χ0v) is 23.1. The second-order valence-electron chi connectivity index (χ2n) is 10.6. The normalized spacial score (nSPS) is 17.6. The maximum Gasteiger partial charge on any atom is 0.333 e. The number of para-hydroxylation sites is 2. The summed E-state index contributed by atoms with van der Waals surface area (Å²) < 4.78 is 5.76. The van der Waals surface area contributed by atoms with Crippen molar-refractivity contribution in [1.29, 1.82) is 0 Å². The Balaban J connectivity index is 1.21. The fourth-order valence-corrected chi connectivity index (χ4v) is 5.99. The predicted octanol–water partition coefficient (Wildman–Crippen LogP) is 5.33. The van der Waals surface area contributed by atoms with Gasteiger partial charge in [0.1, 0.15) is 5.82 Å². The van der Waals surface area contributed by atoms with Crippen LogP contribution < -0.4 is 11.0 Å². The monoisotopic (exact) mass is 542 g/mol. The summed E-state index contributed by atoms with van der Waals surface area (Å²) in [5, 5.41) is 3.61. The Hall–Kier alpha value is -3.91. The van der Waals surface area contributed by atoms with Gasteiger partial charge in [-0.05, 0) is 81.8 Å². The molecule has 6 rings (SSSR count). The van der Waals surface area contributed by atoms with Gasteiger partial charge in [0, 0.05) is 25.8 Å². The molecule has 1 fully saturated rings. The van der Waals surface area contributed by atoms with Crippen LogP contribution in [0.2, 0.25) is 5.02 Å². The molecule has 1 aliphatic carbocycles. The van der Waals surface area contributed by atoms with Gasteiger partial charge in [0.25, 0.3) is 5.91 Å². The van der Waals surface area contributed by atoms with Gasteiger partial charge >= 0.3 is 5.69 Å². The first-order valence-corrected chi connectivity index (χ1v) is 13.7. The average Bonchev–Trinajstić information content (AvgIpc) is 3.37. The van der Waals surface area contributed by atoms with Crippen molar-refractivity contribution in [3.8, 4) is 5.69 Å². The number of imidazole rings is 2. The predicted molar refractivity (Wildman–Crippen MR) is 154 cm³/mol. The minimum Gasteiger partial charge on any atom is -0.349 e. The van der Waals surface area contributed by atoms with Crippen molar-refractivity contribution >= 4 is 39.6 Å². The third-order valence-corrected chi connectivity index (χ3v) is 8.31. The Morgan fingerprint density at radius 1 is 1.03 bits per heavy atom. The smallest absolute Gasteiger partial charge is 0.333 e. The molecule has 3 heterocycles. The first kappa shape index (κ1) is 25.4. The van der Waals surface area contributed by atoms with Crippen LogP contribution in [0, 0.1) is 19.8 Å². The number of benzene rings is 2. The van der Waals surface area contributed by atoms with Crippen molar-refractivity contribution in [3.05, 3.63) is 87.3 Å². The van der Waals surface area contributed by atoms with Crippen molar-refractivity contribution in [2.75, 3.05) is 0 Å². The Bertz CT molecular complexity index is 1770. The molecule has 0 aliphatic heterocycles. The van der Waals surface area contributed by atoms with Crippen LogP contribution in [0.1, 0.15) is 47.6 Å². The summed E-state index contributed by atoms with van der Waals surface area (Å²) in [6, 6.07) is 15.7. The van der Waals surface area contributed by atoms with E-state index in [9.17, 15) is 9.59 Å². The summed E-state index contributed by atoms with van der Waals surface area (Å²) in [6.07, 6.45) is 5.15. The molecule has 0 spiro atoms. The fourth-order valence-electron chi connectivity index (χ4n) is 5.83. The molecule has 1 saturated carbocycles. The molecule has 3 aromatic heterocycles. The summed E-state index contributed by atoms with van der Waals surface area (Å²) in [6.45, 7) is 4.44. The van der Waals surface area contributed by atoms with E-state index in [1.165, 1.54) is 0 Å². The Morgan fingerprint density at radius 3 is 2.54 bits per heavy atom. The van der Waals surface area contributed by atoms with Gasteiger partial charge in [-0.1, -0.05) is 23.7 Å². The Kier molecular flexibility index (Phi) is 6.51. The number of aromatic nitrogens is 5. The summed E-state index contributed by atoms with van der Waals surface area (Å²) in [7, 11) is 2.00. The van der Waals surface area contributed by atoms with Crippen molar-refractivity contribution < 1.29 is 4.79 Å². The highest BCUT2D eigenvalue weighted by molar-refractivity contribution is 6.30. The van der Waals surface area contributed by atoms with Crippen LogP contribution in [0.3, 0.4) is 0 Å². The van der Waals surface area contributed by atoms with E-state index in [-0.39, 0.29) is 17.6 Å². The Labute approximate surface area is 231 Å². The minimum absolute atomic E-state index is 0.0393. The van der Waals surface area contributed by atoms with Crippen molar-refractivity contribution in [3.63, 3.8) is 0 Å². The zero-order chi connectivity index (χ0) is 27.3. The summed E-state index contributed by atoms with van der Waals surface area (Å²) in [5.41, 5.74) is 5.70. The average molecular weight is 543 g/mol. The van der Waals surface area contributed by atoms with Gasteiger partial charge in [0.05, 0.1) is 44.0 Å². The zero-order valence-electron chi connectivity index (χ0n) is 22.3. The number of carbonyl (C=O) groups is 1. The van der Waals surface area contributed by atoms with Crippen molar-refractivity contribution in [2.45, 2.75) is 52.1 Å². The third kappa shape index (κ3) is 4.63. The van der Waals surface area contributed by atoms with Gasteiger partial charge in [-0.2, -0.15) is 0 Å². The second-order valence-corrected chi connectivity index (χ2v) is 11.0. The maximum absolute atomic E-state index is 13.8. The lowest BCUT2D eigenvalue weighted by molar-refractivity contribution is 0.0919. The standard InChI is InChI=1S/C30H31ClN6O2/c1-18-24(14-21(31)16-32-18)29(38)34-22-10-8-20(9-11-22)17-36-27-6-4-5-7-28(27)37(30(36)39)23-12-13-26-25(15-23)33-19(2)35(26)3/h4-7,12-16,20,22H,8-11,17H2,1-3H3,(H,34,38). The highest BCUT2D eigenvalue weighted by Crippen LogP contribution is 2.28. The van der Waals surface area contributed by atoms with Crippen LogP contribution in [-0.2, 0) is 13.6 Å². The van der Waals surface area contributed by atoms with Crippen LogP contribution in [-0.4, -0.2) is 35.6 Å². The van der Waals surface area contributed by atoms with E-state index < -0.39 is 0 Å². The molecule has 39 heavy (non-hydrogen) atoms. The number of hydrogen-bond acceptors (Lipinski definition) is 4. The lowest BCUT2D eigenvalue weighted by atomic mass is 9.85. The molecule has 1 N–H and O–H groups in total. The van der Waals surface area contributed by atoms with Crippen molar-refractivity contribution in [1.82, 2.24) is 29.0 Å². The number of carbonyl (C=O) groups excluding carboxylic acids is 1. The van der Waals surface area contributed by atoms with Gasteiger partial charge in [0.15, 0.2) is 0 Å². The number of pyridine rings is 1. The highest BCUT2D eigenvalue weighted by Gasteiger charge is 2.26. The van der Waals surface area contributed by atoms with E-state index in [4.69, 9.17) is 11.6 Å². The summed E-state index contributed by atoms with van der Waals surface area (Å²) >= 11 is 6.05. The number of rotatable bonds is 5. The van der Waals surface area contributed by atoms with Gasteiger partial charge in [-0.3, -0.25) is 18.9 Å². The SMILES string of the molecule is Cc1ncc(Cl)cc1C(=O)NC1CCC(Cn2c(=O)n(-c3ccc4c(c3)nc(C)n4C)c3ccccc32)CC1. The molecule has 0 unspecified atom stereocenters. The number of hydrogen-bond donors (Lipinski definition) is 1. The van der Waals surface area contributed by atoms with Gasteiger partial charge < -0.3 is 9.88 Å². The number of fused-ring (bicyclic) bond motifs is 2. The van der Waals surface area contributed by atoms with Crippen LogP contribution in [0.25, 0.3) is 27.8 Å². The number of halogens is 1. The molecule has 1 amide bonds. The summed E-state index contributed by atoms with van der Waals surface area (Å²) in [5.74, 6) is 1.15. The molecule has 0 saturated heterocycles. The molecular weight excluding hydrogens is 512 g/mol. The quantitative estimate of drug-likeness (QED) is 0.325. The van der Waals surface area contributed by atoms with E-state index in [0.717, 1.165) is 59.3 Å². The summed E-state index contributed by atoms with van der Waals surface area (Å²) in [4.78, 5) is 35.5. The fraction of sp³-hybridized carbons (Fsp3) is 0.333. The van der Waals surface area contributed by atoms with Crippen LogP contribution in [0.4, 0.5) is 0 Å². The topological polar surface area (TPSA) is 86.7 Å². The molecule has 0 bridgehead atoms. The molecule has 8 nitrogen and oxygen atoms in total. The first-order valence-electron chi connectivity index (χ1n) is 13.4. The lowest BCUT2D eigenvalue weighted by Gasteiger charge is -2.29. The van der Waals surface area contributed by atoms with Crippen LogP contribution >= 0.6 is 11.6 Å². The van der Waals surface area contributed by atoms with E-state index in [2.05, 4.69) is 19.9 Å². The largest absolute Gasteiger partial charge is 0.349 e. The van der Waals surface area contributed by atoms with E-state index in [1.807, 2.05) is 67.9 Å². The van der Waals surface area contributed by atoms with Crippen LogP contribution in [0.15, 0.2) is 59.5 Å². The number of amides is 1. The van der Waals surface area contributed by atoms with Crippen LogP contribution in [0.5, 0.6) is 0 Å². The van der Waals surface area contributed by atoms with E-state index >= 15 is 0 Å². The van der Waals surface area contributed by atoms with Crippen molar-refractivity contribution in [2.24, 2.45) is 13.0 Å². The van der Waals surface area contributed by atoms with E-state index in [1.54, 1.807) is 16.8 Å². The molecule has 5 aromatic rings. The molecule has 0 atom stereocenters. The minimum atomic E-state index is -0.134. The second kappa shape index (κ2) is 10.0. The molecule has 0 radical (unpaired) electrons. The molecule has 200 valence electrons. The molecule has 9 heteroatoms. The van der Waals surface area contributed by atoms with Gasteiger partial charge in [-0.25, -0.2) is 9.78 Å². The first-order chi connectivity index (χ1) is 18.8. The number of aryl methyl sites for hydroxylation is 3. The number of nitrogens with zero attached hydrogens (tertiary/aromatic N) is 5. The maximum atomic E-state index is 13.8.